The van der Waals surface area contributed by atoms with Gasteiger partial charge in [0.05, 0.1) is 27.4 Å². The number of non-ortho nitro benzene ring substituents is 1. The molecule has 0 atom stereocenters. The molecule has 0 amide bonds. The number of nitrogens with two attached hydrogens (primary N) is 1. The summed E-state index contributed by atoms with van der Waals surface area (Å²) in [6.45, 7) is 0. The van der Waals surface area contributed by atoms with Crippen LogP contribution in [0.4, 0.5) is 34.1 Å². The minimum atomic E-state index is -5.05. The maximum absolute atomic E-state index is 12.1. The van der Waals surface area contributed by atoms with Crippen molar-refractivity contribution in [3.8, 4) is 5.75 Å². The first-order chi connectivity index (χ1) is 18.3. The quantitative estimate of drug-likeness (QED) is 0.0725. The van der Waals surface area contributed by atoms with Gasteiger partial charge in [-0.1, -0.05) is 18.2 Å². The Labute approximate surface area is 219 Å². The zero-order chi connectivity index (χ0) is 28.5. The zero-order valence-electron chi connectivity index (χ0n) is 19.3. The van der Waals surface area contributed by atoms with Gasteiger partial charge in [0.25, 0.3) is 25.9 Å². The fourth-order valence-electron chi connectivity index (χ4n) is 3.46. The van der Waals surface area contributed by atoms with Crippen LogP contribution in [0.2, 0.25) is 0 Å². The molecule has 4 aromatic rings. The van der Waals surface area contributed by atoms with E-state index in [0.717, 1.165) is 24.3 Å². The number of aromatic hydroxyl groups is 1. The Kier molecular flexibility index (Phi) is 7.07. The summed E-state index contributed by atoms with van der Waals surface area (Å²) in [4.78, 5) is 8.37. The molecule has 0 unspecified atom stereocenters. The second-order valence-electron chi connectivity index (χ2n) is 7.77. The number of azo groups is 2. The second-order valence-corrected chi connectivity index (χ2v) is 10.5. The first kappa shape index (κ1) is 27.2. The average Bonchev–Trinajstić information content (AvgIpc) is 2.86. The highest BCUT2D eigenvalue weighted by atomic mass is 32.2. The molecule has 5 N–H and O–H groups in total. The summed E-state index contributed by atoms with van der Waals surface area (Å²) >= 11 is 0. The van der Waals surface area contributed by atoms with E-state index in [9.17, 15) is 41.2 Å². The highest BCUT2D eigenvalue weighted by Gasteiger charge is 2.28. The molecule has 4 rings (SSSR count). The van der Waals surface area contributed by atoms with E-state index in [1.165, 1.54) is 24.3 Å². The molecule has 0 aliphatic rings. The first-order valence-corrected chi connectivity index (χ1v) is 13.4. The third-order valence-corrected chi connectivity index (χ3v) is 6.95. The second kappa shape index (κ2) is 10.1. The summed E-state index contributed by atoms with van der Waals surface area (Å²) in [6.07, 6.45) is 0. The first-order valence-electron chi connectivity index (χ1n) is 10.5. The van der Waals surface area contributed by atoms with Crippen molar-refractivity contribution in [1.29, 1.82) is 0 Å². The number of nitro groups is 1. The summed E-state index contributed by atoms with van der Waals surface area (Å²) in [6, 6.07) is 14.2. The molecule has 39 heavy (non-hydrogen) atoms. The fourth-order valence-corrected chi connectivity index (χ4v) is 4.78. The molecule has 15 nitrogen and oxygen atoms in total. The van der Waals surface area contributed by atoms with Gasteiger partial charge in [0.15, 0.2) is 5.75 Å². The maximum atomic E-state index is 12.1. The Hall–Kier alpha value is -4.84. The Balaban J connectivity index is 1.99. The molecule has 0 spiro atoms. The van der Waals surface area contributed by atoms with Crippen LogP contribution >= 0.6 is 0 Å². The van der Waals surface area contributed by atoms with Crippen molar-refractivity contribution in [2.75, 3.05) is 5.73 Å². The van der Waals surface area contributed by atoms with Crippen molar-refractivity contribution >= 4 is 65.1 Å². The smallest absolute Gasteiger partial charge is 0.296 e. The van der Waals surface area contributed by atoms with Crippen LogP contribution in [0.5, 0.6) is 5.75 Å². The fraction of sp³-hybridized carbons (Fsp3) is 0. The SMILES string of the molecule is Nc1c(N=Nc2ccc([N+](=O)[O-])cc2)c(S(=O)(=O)O)cc2cc(S(=O)(=O)O)c(N=Nc3ccccc3)c(O)c12. The van der Waals surface area contributed by atoms with Crippen LogP contribution in [0.25, 0.3) is 10.8 Å². The lowest BCUT2D eigenvalue weighted by Crippen LogP contribution is -2.03. The number of hydrogen-bond donors (Lipinski definition) is 4. The van der Waals surface area contributed by atoms with Crippen LogP contribution in [0.3, 0.4) is 0 Å². The standard InChI is InChI=1S/C22H16N6O9S2/c23-19-18-12(11-17(39(35,36)37)21(22(18)29)27-24-13-4-2-1-3-5-13)10-16(38(32,33)34)20(19)26-25-14-6-8-15(9-7-14)28(30)31/h1-11,29H,23H2,(H,32,33,34)(H,35,36,37). The lowest BCUT2D eigenvalue weighted by Gasteiger charge is -2.14. The number of phenols is 1. The molecule has 0 saturated heterocycles. The van der Waals surface area contributed by atoms with Crippen molar-refractivity contribution in [3.05, 3.63) is 76.8 Å². The van der Waals surface area contributed by atoms with Gasteiger partial charge in [-0.25, -0.2) is 0 Å². The number of hydrogen-bond acceptors (Lipinski definition) is 12. The Bertz CT molecular complexity index is 1890. The van der Waals surface area contributed by atoms with E-state index in [1.54, 1.807) is 18.2 Å². The van der Waals surface area contributed by atoms with E-state index in [1.807, 2.05) is 0 Å². The summed E-state index contributed by atoms with van der Waals surface area (Å²) in [5.74, 6) is -0.897. The van der Waals surface area contributed by atoms with Crippen molar-refractivity contribution in [2.24, 2.45) is 20.5 Å². The van der Waals surface area contributed by atoms with Gasteiger partial charge in [0, 0.05) is 12.1 Å². The number of nitro benzene ring substituents is 1. The van der Waals surface area contributed by atoms with Gasteiger partial charge >= 0.3 is 0 Å². The van der Waals surface area contributed by atoms with E-state index in [4.69, 9.17) is 5.73 Å². The molecule has 0 fully saturated rings. The van der Waals surface area contributed by atoms with E-state index >= 15 is 0 Å². The molecule has 200 valence electrons. The molecule has 0 aromatic heterocycles. The summed E-state index contributed by atoms with van der Waals surface area (Å²) < 4.78 is 68.0. The number of nitrogen functional groups attached to an aromatic ring is 1. The highest BCUT2D eigenvalue weighted by Crippen LogP contribution is 2.48. The van der Waals surface area contributed by atoms with Gasteiger partial charge in [-0.2, -0.15) is 27.1 Å². The molecule has 0 saturated carbocycles. The van der Waals surface area contributed by atoms with Gasteiger partial charge < -0.3 is 10.8 Å². The molecular formula is C22H16N6O9S2. The Morgan fingerprint density at radius 3 is 1.74 bits per heavy atom. The van der Waals surface area contributed by atoms with E-state index in [0.29, 0.717) is 0 Å². The largest absolute Gasteiger partial charge is 0.505 e. The maximum Gasteiger partial charge on any atom is 0.296 e. The highest BCUT2D eigenvalue weighted by molar-refractivity contribution is 7.86. The summed E-state index contributed by atoms with van der Waals surface area (Å²) in [5.41, 5.74) is 4.29. The number of phenolic OH excluding ortho intramolecular Hbond substituents is 1. The molecule has 17 heteroatoms. The minimum Gasteiger partial charge on any atom is -0.505 e. The lowest BCUT2D eigenvalue weighted by atomic mass is 10.1. The van der Waals surface area contributed by atoms with Crippen molar-refractivity contribution in [1.82, 2.24) is 0 Å². The number of anilines is 1. The van der Waals surface area contributed by atoms with Crippen LogP contribution in [0.1, 0.15) is 0 Å². The van der Waals surface area contributed by atoms with E-state index < -0.39 is 57.8 Å². The van der Waals surface area contributed by atoms with E-state index in [-0.39, 0.29) is 27.8 Å². The van der Waals surface area contributed by atoms with Crippen molar-refractivity contribution in [2.45, 2.75) is 9.79 Å². The zero-order valence-corrected chi connectivity index (χ0v) is 20.9. The minimum absolute atomic E-state index is 0.0460. The van der Waals surface area contributed by atoms with Gasteiger partial charge in [-0.3, -0.25) is 19.2 Å². The van der Waals surface area contributed by atoms with Gasteiger partial charge in [-0.15, -0.1) is 10.2 Å². The molecule has 0 radical (unpaired) electrons. The molecule has 0 aliphatic heterocycles. The predicted molar refractivity (Wildman–Crippen MR) is 138 cm³/mol. The summed E-state index contributed by atoms with van der Waals surface area (Å²) in [7, 11) is -10.1. The average molecular weight is 573 g/mol. The topological polar surface area (TPSA) is 248 Å². The number of rotatable bonds is 7. The Morgan fingerprint density at radius 2 is 1.23 bits per heavy atom. The molecule has 0 aliphatic carbocycles. The normalized spacial score (nSPS) is 12.5. The molecule has 0 heterocycles. The third-order valence-electron chi connectivity index (χ3n) is 5.22. The van der Waals surface area contributed by atoms with Crippen molar-refractivity contribution in [3.63, 3.8) is 0 Å². The monoisotopic (exact) mass is 572 g/mol. The molecule has 0 bridgehead atoms. The van der Waals surface area contributed by atoms with E-state index in [2.05, 4.69) is 20.5 Å². The van der Waals surface area contributed by atoms with Gasteiger partial charge in [0.1, 0.15) is 21.2 Å². The predicted octanol–water partition coefficient (Wildman–Crippen LogP) is 5.36. The van der Waals surface area contributed by atoms with Gasteiger partial charge in [0.2, 0.25) is 0 Å². The Morgan fingerprint density at radius 1 is 0.744 bits per heavy atom. The number of benzene rings is 4. The number of fused-ring (bicyclic) bond motifs is 1. The van der Waals surface area contributed by atoms with Gasteiger partial charge in [-0.05, 0) is 41.8 Å². The van der Waals surface area contributed by atoms with Crippen molar-refractivity contribution < 1.29 is 36.0 Å². The lowest BCUT2D eigenvalue weighted by molar-refractivity contribution is -0.384. The summed E-state index contributed by atoms with van der Waals surface area (Å²) in [5, 5.41) is 36.3. The molecule has 4 aromatic carbocycles. The third kappa shape index (κ3) is 5.70. The number of nitrogens with zero attached hydrogens (tertiary/aromatic N) is 5. The van der Waals surface area contributed by atoms with Crippen LogP contribution in [-0.4, -0.2) is 36.0 Å². The van der Waals surface area contributed by atoms with Crippen LogP contribution < -0.4 is 5.73 Å². The van der Waals surface area contributed by atoms with Crippen LogP contribution in [0, 0.1) is 10.1 Å². The molecular weight excluding hydrogens is 556 g/mol. The van der Waals surface area contributed by atoms with Crippen LogP contribution in [0.15, 0.2) is 97.0 Å². The van der Waals surface area contributed by atoms with Crippen LogP contribution in [-0.2, 0) is 20.2 Å².